The second-order valence-corrected chi connectivity index (χ2v) is 8.77. The lowest BCUT2D eigenvalue weighted by atomic mass is 9.85. The molecule has 6 heteroatoms. The molecule has 4 nitrogen and oxygen atoms in total. The molecule has 0 amide bonds. The van der Waals surface area contributed by atoms with Crippen molar-refractivity contribution in [2.75, 3.05) is 4.72 Å². The first-order valence-electron chi connectivity index (χ1n) is 9.10. The molecule has 0 saturated heterocycles. The van der Waals surface area contributed by atoms with Crippen molar-refractivity contribution in [3.05, 3.63) is 57.1 Å². The van der Waals surface area contributed by atoms with Gasteiger partial charge in [0.1, 0.15) is 5.75 Å². The van der Waals surface area contributed by atoms with Gasteiger partial charge in [0, 0.05) is 11.5 Å². The van der Waals surface area contributed by atoms with Crippen LogP contribution in [0.25, 0.3) is 0 Å². The number of phenols is 1. The van der Waals surface area contributed by atoms with E-state index in [1.54, 1.807) is 13.0 Å². The van der Waals surface area contributed by atoms with Crippen LogP contribution in [0.15, 0.2) is 24.3 Å². The molecule has 148 valence electrons. The highest BCUT2D eigenvalue weighted by Crippen LogP contribution is 2.43. The number of hydrogen-bond acceptors (Lipinski definition) is 3. The predicted molar refractivity (Wildman–Crippen MR) is 114 cm³/mol. The van der Waals surface area contributed by atoms with E-state index in [9.17, 15) is 13.5 Å². The lowest BCUT2D eigenvalue weighted by Gasteiger charge is -2.22. The highest BCUT2D eigenvalue weighted by molar-refractivity contribution is 7.73. The van der Waals surface area contributed by atoms with E-state index in [1.807, 2.05) is 6.92 Å². The molecule has 2 aromatic rings. The highest BCUT2D eigenvalue weighted by atomic mass is 35.5. The van der Waals surface area contributed by atoms with Crippen LogP contribution in [0.1, 0.15) is 80.2 Å². The van der Waals surface area contributed by atoms with Crippen LogP contribution in [-0.4, -0.2) is 13.5 Å². The molecule has 0 aliphatic carbocycles. The Labute approximate surface area is 168 Å². The lowest BCUT2D eigenvalue weighted by molar-refractivity contribution is 0.470. The van der Waals surface area contributed by atoms with Crippen LogP contribution in [0.4, 0.5) is 5.69 Å². The van der Waals surface area contributed by atoms with Crippen molar-refractivity contribution >= 4 is 28.2 Å². The van der Waals surface area contributed by atoms with E-state index in [2.05, 4.69) is 50.6 Å². The van der Waals surface area contributed by atoms with Crippen molar-refractivity contribution < 1.29 is 13.5 Å². The molecular weight excluding hydrogens is 382 g/mol. The van der Waals surface area contributed by atoms with E-state index < -0.39 is 10.9 Å². The Morgan fingerprint density at radius 2 is 1.41 bits per heavy atom. The molecule has 1 atom stereocenters. The molecule has 0 fully saturated rings. The molecule has 0 spiro atoms. The van der Waals surface area contributed by atoms with Crippen LogP contribution in [0.2, 0.25) is 5.02 Å². The minimum atomic E-state index is -2.84. The Kier molecular flexibility index (Phi) is 6.82. The number of halogens is 1. The molecular formula is C21H28ClNO3S. The maximum absolute atomic E-state index is 11.3. The number of anilines is 1. The summed E-state index contributed by atoms with van der Waals surface area (Å²) in [4.78, 5) is 0. The standard InChI is InChI=1S/C21H28ClNO3S/c1-11(2)15-8-16(12(3)4)10-17(9-15)14(6)19-18(23-27(25)26)7-13(5)21(24)20(19)22/h7-12,14,24,27H,1-6H3,(H,23,25,26). The summed E-state index contributed by atoms with van der Waals surface area (Å²) in [5.74, 6) is 0.516. The lowest BCUT2D eigenvalue weighted by Crippen LogP contribution is -2.07. The first-order valence-corrected chi connectivity index (χ1v) is 10.7. The Bertz CT molecular complexity index is 886. The van der Waals surface area contributed by atoms with Crippen molar-refractivity contribution in [2.45, 2.75) is 59.3 Å². The van der Waals surface area contributed by atoms with E-state index >= 15 is 0 Å². The van der Waals surface area contributed by atoms with Crippen LogP contribution in [0.5, 0.6) is 5.75 Å². The van der Waals surface area contributed by atoms with Crippen LogP contribution in [0.3, 0.4) is 0 Å². The van der Waals surface area contributed by atoms with E-state index in [4.69, 9.17) is 11.6 Å². The Balaban J connectivity index is 2.70. The molecule has 0 bridgehead atoms. The topological polar surface area (TPSA) is 66.4 Å². The minimum Gasteiger partial charge on any atom is -0.506 e. The number of phenolic OH excluding ortho intramolecular Hbond substituents is 1. The number of hydrogen-bond donors (Lipinski definition) is 3. The van der Waals surface area contributed by atoms with Gasteiger partial charge in [0.25, 0.3) is 0 Å². The monoisotopic (exact) mass is 409 g/mol. The molecule has 0 saturated carbocycles. The first kappa shape index (κ1) is 21.6. The number of aromatic hydroxyl groups is 1. The van der Waals surface area contributed by atoms with Gasteiger partial charge in [-0.05, 0) is 47.1 Å². The fourth-order valence-electron chi connectivity index (χ4n) is 3.18. The third-order valence-corrected chi connectivity index (χ3v) is 5.75. The Hall–Kier alpha value is -1.72. The molecule has 27 heavy (non-hydrogen) atoms. The fraction of sp³-hybridized carbons (Fsp3) is 0.429. The van der Waals surface area contributed by atoms with E-state index in [0.29, 0.717) is 28.7 Å². The quantitative estimate of drug-likeness (QED) is 0.424. The third kappa shape index (κ3) is 4.77. The largest absolute Gasteiger partial charge is 0.506 e. The highest BCUT2D eigenvalue weighted by Gasteiger charge is 2.22. The maximum atomic E-state index is 11.3. The predicted octanol–water partition coefficient (Wildman–Crippen LogP) is 5.69. The normalized spacial score (nSPS) is 12.8. The second-order valence-electron chi connectivity index (χ2n) is 7.65. The average molecular weight is 410 g/mol. The van der Waals surface area contributed by atoms with Crippen LogP contribution in [-0.2, 0) is 10.9 Å². The SMILES string of the molecule is Cc1cc(N[SH](=O)=O)c(C(C)c2cc(C(C)C)cc(C(C)C)c2)c(Cl)c1O. The zero-order valence-electron chi connectivity index (χ0n) is 16.6. The van der Waals surface area contributed by atoms with Gasteiger partial charge in [-0.3, -0.25) is 4.72 Å². The molecule has 0 aliphatic heterocycles. The van der Waals surface area contributed by atoms with Gasteiger partial charge in [0.05, 0.1) is 10.7 Å². The van der Waals surface area contributed by atoms with E-state index in [0.717, 1.165) is 5.56 Å². The summed E-state index contributed by atoms with van der Waals surface area (Å²) in [6, 6.07) is 8.10. The van der Waals surface area contributed by atoms with Crippen LogP contribution in [0, 0.1) is 6.92 Å². The third-order valence-electron chi connectivity index (χ3n) is 4.95. The first-order chi connectivity index (χ1) is 12.5. The molecule has 0 radical (unpaired) electrons. The maximum Gasteiger partial charge on any atom is 0.222 e. The second kappa shape index (κ2) is 8.53. The van der Waals surface area contributed by atoms with Crippen molar-refractivity contribution in [3.8, 4) is 5.75 Å². The van der Waals surface area contributed by atoms with Crippen molar-refractivity contribution in [3.63, 3.8) is 0 Å². The van der Waals surface area contributed by atoms with Gasteiger partial charge in [0.2, 0.25) is 10.9 Å². The zero-order valence-corrected chi connectivity index (χ0v) is 18.3. The molecule has 1 unspecified atom stereocenters. The van der Waals surface area contributed by atoms with Gasteiger partial charge in [-0.2, -0.15) is 0 Å². The molecule has 2 aromatic carbocycles. The van der Waals surface area contributed by atoms with Gasteiger partial charge < -0.3 is 5.11 Å². The minimum absolute atomic E-state index is 0.0192. The summed E-state index contributed by atoms with van der Waals surface area (Å²) in [5, 5.41) is 10.5. The number of aryl methyl sites for hydroxylation is 1. The number of rotatable bonds is 6. The summed E-state index contributed by atoms with van der Waals surface area (Å²) in [6.45, 7) is 12.3. The Morgan fingerprint density at radius 3 is 1.85 bits per heavy atom. The van der Waals surface area contributed by atoms with E-state index in [1.165, 1.54) is 11.1 Å². The fourth-order valence-corrected chi connectivity index (χ4v) is 3.98. The Morgan fingerprint density at radius 1 is 0.926 bits per heavy atom. The van der Waals surface area contributed by atoms with Gasteiger partial charge in [0.15, 0.2) is 0 Å². The summed E-state index contributed by atoms with van der Waals surface area (Å²) in [7, 11) is -2.84. The molecule has 0 aliphatic rings. The van der Waals surface area contributed by atoms with E-state index in [-0.39, 0.29) is 16.7 Å². The number of nitrogens with one attached hydrogen (secondary N) is 1. The molecule has 2 rings (SSSR count). The summed E-state index contributed by atoms with van der Waals surface area (Å²) in [6.07, 6.45) is 0. The van der Waals surface area contributed by atoms with Gasteiger partial charge in [-0.1, -0.05) is 64.4 Å². The molecule has 0 heterocycles. The van der Waals surface area contributed by atoms with Crippen molar-refractivity contribution in [1.29, 1.82) is 0 Å². The number of benzene rings is 2. The van der Waals surface area contributed by atoms with Gasteiger partial charge in [-0.15, -0.1) is 0 Å². The number of thiol groups is 1. The van der Waals surface area contributed by atoms with Crippen LogP contribution < -0.4 is 4.72 Å². The van der Waals surface area contributed by atoms with Gasteiger partial charge in [-0.25, -0.2) is 8.42 Å². The molecule has 0 aromatic heterocycles. The summed E-state index contributed by atoms with van der Waals surface area (Å²) >= 11 is 6.45. The summed E-state index contributed by atoms with van der Waals surface area (Å²) in [5.41, 5.74) is 4.99. The summed E-state index contributed by atoms with van der Waals surface area (Å²) < 4.78 is 25.1. The average Bonchev–Trinajstić information content (AvgIpc) is 2.58. The van der Waals surface area contributed by atoms with Crippen molar-refractivity contribution in [1.82, 2.24) is 0 Å². The van der Waals surface area contributed by atoms with Gasteiger partial charge >= 0.3 is 0 Å². The zero-order chi connectivity index (χ0) is 20.5. The van der Waals surface area contributed by atoms with Crippen LogP contribution >= 0.6 is 11.6 Å². The smallest absolute Gasteiger partial charge is 0.222 e. The van der Waals surface area contributed by atoms with Crippen molar-refractivity contribution in [2.24, 2.45) is 0 Å². The molecule has 2 N–H and O–H groups in total.